The van der Waals surface area contributed by atoms with Crippen molar-refractivity contribution in [1.82, 2.24) is 10.2 Å². The van der Waals surface area contributed by atoms with E-state index in [2.05, 4.69) is 11.6 Å². The number of primary amides is 1. The first-order valence-electron chi connectivity index (χ1n) is 5.58. The molecule has 17 heavy (non-hydrogen) atoms. The van der Waals surface area contributed by atoms with Crippen LogP contribution in [0.2, 0.25) is 0 Å². The molecule has 0 unspecified atom stereocenters. The maximum absolute atomic E-state index is 11.3. The molecule has 0 aromatic rings. The number of likely N-dealkylation sites (tertiary alicyclic amines) is 1. The highest BCUT2D eigenvalue weighted by molar-refractivity contribution is 8.00. The van der Waals surface area contributed by atoms with Crippen LogP contribution in [-0.2, 0) is 4.79 Å². The van der Waals surface area contributed by atoms with E-state index in [1.54, 1.807) is 11.8 Å². The van der Waals surface area contributed by atoms with E-state index in [4.69, 9.17) is 11.5 Å². The summed E-state index contributed by atoms with van der Waals surface area (Å²) < 4.78 is 0.149. The Balaban J connectivity index is 2.37. The third-order valence-electron chi connectivity index (χ3n) is 3.20. The molecule has 0 saturated carbocycles. The second-order valence-electron chi connectivity index (χ2n) is 4.28. The Morgan fingerprint density at radius 3 is 2.41 bits per heavy atom. The number of rotatable bonds is 4. The Labute approximate surface area is 105 Å². The standard InChI is InChI=1S/C10H20N4O2S/c1-17-10(7-11)2-4-14(5-3-10)6-8(15)13-9(12)16/h2-7,11H2,1H3,(H3,12,13,15,16). The Kier molecular flexibility index (Phi) is 5.23. The molecule has 1 aliphatic rings. The van der Waals surface area contributed by atoms with E-state index < -0.39 is 6.03 Å². The van der Waals surface area contributed by atoms with Crippen LogP contribution in [0.5, 0.6) is 0 Å². The van der Waals surface area contributed by atoms with Crippen LogP contribution in [0.25, 0.3) is 0 Å². The molecule has 1 heterocycles. The van der Waals surface area contributed by atoms with E-state index in [0.29, 0.717) is 6.54 Å². The molecular weight excluding hydrogens is 240 g/mol. The Hall–Kier alpha value is -0.790. The number of nitrogens with zero attached hydrogens (tertiary/aromatic N) is 1. The smallest absolute Gasteiger partial charge is 0.318 e. The van der Waals surface area contributed by atoms with Crippen molar-refractivity contribution in [2.24, 2.45) is 11.5 Å². The van der Waals surface area contributed by atoms with Gasteiger partial charge in [-0.1, -0.05) is 0 Å². The number of urea groups is 1. The molecule has 3 amide bonds. The topological polar surface area (TPSA) is 101 Å². The van der Waals surface area contributed by atoms with Gasteiger partial charge in [-0.05, 0) is 19.1 Å². The number of amides is 3. The van der Waals surface area contributed by atoms with Crippen molar-refractivity contribution in [3.05, 3.63) is 0 Å². The molecule has 0 atom stereocenters. The van der Waals surface area contributed by atoms with Crippen molar-refractivity contribution in [1.29, 1.82) is 0 Å². The highest BCUT2D eigenvalue weighted by atomic mass is 32.2. The van der Waals surface area contributed by atoms with Gasteiger partial charge in [0.2, 0.25) is 5.91 Å². The normalized spacial score (nSPS) is 19.9. The fourth-order valence-corrected chi connectivity index (χ4v) is 2.75. The summed E-state index contributed by atoms with van der Waals surface area (Å²) in [4.78, 5) is 23.9. The van der Waals surface area contributed by atoms with E-state index in [1.165, 1.54) is 0 Å². The molecule has 7 heteroatoms. The number of nitrogens with two attached hydrogens (primary N) is 2. The summed E-state index contributed by atoms with van der Waals surface area (Å²) in [7, 11) is 0. The molecule has 6 nitrogen and oxygen atoms in total. The van der Waals surface area contributed by atoms with Gasteiger partial charge in [0.05, 0.1) is 6.54 Å². The first-order chi connectivity index (χ1) is 8.01. The Bertz CT molecular complexity index is 284. The lowest BCUT2D eigenvalue weighted by Crippen LogP contribution is -2.50. The fourth-order valence-electron chi connectivity index (χ4n) is 1.99. The van der Waals surface area contributed by atoms with Crippen LogP contribution in [0.1, 0.15) is 12.8 Å². The second-order valence-corrected chi connectivity index (χ2v) is 5.55. The molecule has 1 saturated heterocycles. The quantitative estimate of drug-likeness (QED) is 0.623. The number of carbonyl (C=O) groups is 2. The van der Waals surface area contributed by atoms with E-state index in [1.807, 2.05) is 4.90 Å². The average molecular weight is 260 g/mol. The zero-order chi connectivity index (χ0) is 12.9. The third kappa shape index (κ3) is 4.18. The van der Waals surface area contributed by atoms with Gasteiger partial charge < -0.3 is 11.5 Å². The average Bonchev–Trinajstić information content (AvgIpc) is 2.29. The number of nitrogens with one attached hydrogen (secondary N) is 1. The summed E-state index contributed by atoms with van der Waals surface area (Å²) >= 11 is 1.80. The summed E-state index contributed by atoms with van der Waals surface area (Å²) in [6.45, 7) is 2.53. The van der Waals surface area contributed by atoms with Crippen molar-refractivity contribution >= 4 is 23.7 Å². The van der Waals surface area contributed by atoms with Crippen LogP contribution in [0.15, 0.2) is 0 Å². The predicted octanol–water partition coefficient (Wildman–Crippen LogP) is -0.662. The number of carbonyl (C=O) groups excluding carboxylic acids is 2. The van der Waals surface area contributed by atoms with Crippen molar-refractivity contribution in [3.63, 3.8) is 0 Å². The molecule has 5 N–H and O–H groups in total. The molecule has 0 bridgehead atoms. The van der Waals surface area contributed by atoms with E-state index in [-0.39, 0.29) is 17.2 Å². The minimum atomic E-state index is -0.799. The summed E-state index contributed by atoms with van der Waals surface area (Å²) in [5.74, 6) is -0.345. The zero-order valence-electron chi connectivity index (χ0n) is 10.1. The molecule has 0 radical (unpaired) electrons. The molecule has 0 aliphatic carbocycles. The lowest BCUT2D eigenvalue weighted by Gasteiger charge is -2.39. The number of piperidine rings is 1. The van der Waals surface area contributed by atoms with Crippen molar-refractivity contribution in [2.75, 3.05) is 32.4 Å². The highest BCUT2D eigenvalue weighted by Crippen LogP contribution is 2.33. The Morgan fingerprint density at radius 1 is 1.41 bits per heavy atom. The first kappa shape index (κ1) is 14.3. The predicted molar refractivity (Wildman–Crippen MR) is 68.7 cm³/mol. The van der Waals surface area contributed by atoms with Gasteiger partial charge in [-0.3, -0.25) is 15.0 Å². The molecule has 98 valence electrons. The minimum absolute atomic E-state index is 0.149. The van der Waals surface area contributed by atoms with Crippen LogP contribution in [0.3, 0.4) is 0 Å². The number of hydrogen-bond donors (Lipinski definition) is 3. The monoisotopic (exact) mass is 260 g/mol. The van der Waals surface area contributed by atoms with Gasteiger partial charge in [-0.25, -0.2) is 4.79 Å². The van der Waals surface area contributed by atoms with E-state index >= 15 is 0 Å². The summed E-state index contributed by atoms with van der Waals surface area (Å²) in [5.41, 5.74) is 10.7. The van der Waals surface area contributed by atoms with Crippen LogP contribution in [0.4, 0.5) is 4.79 Å². The number of hydrogen-bond acceptors (Lipinski definition) is 5. The minimum Gasteiger partial charge on any atom is -0.351 e. The van der Waals surface area contributed by atoms with Gasteiger partial charge in [0, 0.05) is 24.4 Å². The lowest BCUT2D eigenvalue weighted by atomic mass is 9.96. The van der Waals surface area contributed by atoms with Crippen LogP contribution < -0.4 is 16.8 Å². The maximum atomic E-state index is 11.3. The Morgan fingerprint density at radius 2 is 2.00 bits per heavy atom. The lowest BCUT2D eigenvalue weighted by molar-refractivity contribution is -0.121. The van der Waals surface area contributed by atoms with Gasteiger partial charge in [-0.15, -0.1) is 0 Å². The number of thioether (sulfide) groups is 1. The first-order valence-corrected chi connectivity index (χ1v) is 6.81. The van der Waals surface area contributed by atoms with Crippen molar-refractivity contribution < 1.29 is 9.59 Å². The fraction of sp³-hybridized carbons (Fsp3) is 0.800. The van der Waals surface area contributed by atoms with Gasteiger partial charge >= 0.3 is 6.03 Å². The highest BCUT2D eigenvalue weighted by Gasteiger charge is 2.32. The third-order valence-corrected chi connectivity index (χ3v) is 4.64. The molecular formula is C10H20N4O2S. The van der Waals surface area contributed by atoms with E-state index in [0.717, 1.165) is 25.9 Å². The van der Waals surface area contributed by atoms with Gasteiger partial charge in [0.1, 0.15) is 0 Å². The van der Waals surface area contributed by atoms with Gasteiger partial charge in [0.25, 0.3) is 0 Å². The molecule has 1 rings (SSSR count). The SMILES string of the molecule is CSC1(CN)CCN(CC(=O)NC(N)=O)CC1. The molecule has 1 aliphatic heterocycles. The molecule has 0 aromatic carbocycles. The summed E-state index contributed by atoms with van der Waals surface area (Å²) in [6, 6.07) is -0.799. The zero-order valence-corrected chi connectivity index (χ0v) is 10.9. The van der Waals surface area contributed by atoms with Crippen molar-refractivity contribution in [2.45, 2.75) is 17.6 Å². The van der Waals surface area contributed by atoms with E-state index in [9.17, 15) is 9.59 Å². The molecule has 0 spiro atoms. The van der Waals surface area contributed by atoms with Crippen molar-refractivity contribution in [3.8, 4) is 0 Å². The van der Waals surface area contributed by atoms with Crippen LogP contribution >= 0.6 is 11.8 Å². The van der Waals surface area contributed by atoms with Crippen LogP contribution in [-0.4, -0.2) is 54.0 Å². The second kappa shape index (κ2) is 6.23. The van der Waals surface area contributed by atoms with Gasteiger partial charge in [0.15, 0.2) is 0 Å². The summed E-state index contributed by atoms with van der Waals surface area (Å²) in [6.07, 6.45) is 4.01. The largest absolute Gasteiger partial charge is 0.351 e. The molecule has 1 fully saturated rings. The number of imide groups is 1. The molecule has 0 aromatic heterocycles. The maximum Gasteiger partial charge on any atom is 0.318 e. The van der Waals surface area contributed by atoms with Gasteiger partial charge in [-0.2, -0.15) is 11.8 Å². The summed E-state index contributed by atoms with van der Waals surface area (Å²) in [5, 5.41) is 2.07. The van der Waals surface area contributed by atoms with Crippen LogP contribution in [0, 0.1) is 0 Å².